The van der Waals surface area contributed by atoms with Crippen molar-refractivity contribution in [1.29, 1.82) is 0 Å². The van der Waals surface area contributed by atoms with Crippen LogP contribution in [0.3, 0.4) is 0 Å². The maximum Gasteiger partial charge on any atom is 0.257 e. The summed E-state index contributed by atoms with van der Waals surface area (Å²) in [4.78, 5) is 25.7. The first-order chi connectivity index (χ1) is 14.2. The van der Waals surface area contributed by atoms with E-state index in [0.29, 0.717) is 42.7 Å². The van der Waals surface area contributed by atoms with Crippen LogP contribution in [-0.4, -0.2) is 58.7 Å². The molecular weight excluding hydrogens is 370 g/mol. The highest BCUT2D eigenvalue weighted by atomic mass is 16.5. The molecule has 1 amide bonds. The second-order valence-electron chi connectivity index (χ2n) is 6.75. The molecule has 1 fully saturated rings. The summed E-state index contributed by atoms with van der Waals surface area (Å²) in [5, 5.41) is 3.91. The molecule has 1 aliphatic rings. The van der Waals surface area contributed by atoms with Crippen molar-refractivity contribution in [2.45, 2.75) is 13.8 Å². The molecule has 0 saturated carbocycles. The molecule has 8 nitrogen and oxygen atoms in total. The van der Waals surface area contributed by atoms with Crippen molar-refractivity contribution >= 4 is 11.7 Å². The molecule has 0 atom stereocenters. The van der Waals surface area contributed by atoms with Gasteiger partial charge in [-0.25, -0.2) is 4.98 Å². The van der Waals surface area contributed by atoms with Gasteiger partial charge >= 0.3 is 0 Å². The highest BCUT2D eigenvalue weighted by molar-refractivity contribution is 5.97. The number of ether oxygens (including phenoxy) is 1. The fourth-order valence-corrected chi connectivity index (χ4v) is 3.36. The standard InChI is InChI=1S/C21H23N5O3/c1-3-28-18-7-5-4-6-17(18)21(27)26-12-10-25(11-13-26)19-9-8-16(14-22-19)20-23-15(2)29-24-20/h4-9,14H,3,10-13H2,1-2H3. The van der Waals surface area contributed by atoms with E-state index in [1.54, 1.807) is 13.1 Å². The van der Waals surface area contributed by atoms with E-state index in [-0.39, 0.29) is 5.91 Å². The Balaban J connectivity index is 1.40. The number of benzene rings is 1. The van der Waals surface area contributed by atoms with Crippen molar-refractivity contribution in [3.8, 4) is 17.1 Å². The molecule has 2 aromatic heterocycles. The Hall–Kier alpha value is -3.42. The zero-order valence-corrected chi connectivity index (χ0v) is 16.5. The van der Waals surface area contributed by atoms with Gasteiger partial charge in [0.25, 0.3) is 5.91 Å². The van der Waals surface area contributed by atoms with Gasteiger partial charge in [0.15, 0.2) is 0 Å². The van der Waals surface area contributed by atoms with Crippen LogP contribution < -0.4 is 9.64 Å². The fraction of sp³-hybridized carbons (Fsp3) is 0.333. The van der Waals surface area contributed by atoms with Crippen molar-refractivity contribution in [3.63, 3.8) is 0 Å². The van der Waals surface area contributed by atoms with Crippen molar-refractivity contribution in [2.75, 3.05) is 37.7 Å². The molecule has 8 heteroatoms. The molecular formula is C21H23N5O3. The topological polar surface area (TPSA) is 84.6 Å². The summed E-state index contributed by atoms with van der Waals surface area (Å²) in [6, 6.07) is 11.3. The highest BCUT2D eigenvalue weighted by Gasteiger charge is 2.24. The number of aromatic nitrogens is 3. The molecule has 0 bridgehead atoms. The number of piperazine rings is 1. The smallest absolute Gasteiger partial charge is 0.257 e. The van der Waals surface area contributed by atoms with E-state index in [1.807, 2.05) is 48.2 Å². The lowest BCUT2D eigenvalue weighted by molar-refractivity contribution is 0.0742. The van der Waals surface area contributed by atoms with Gasteiger partial charge in [-0.2, -0.15) is 4.98 Å². The van der Waals surface area contributed by atoms with E-state index in [2.05, 4.69) is 20.0 Å². The largest absolute Gasteiger partial charge is 0.493 e. The van der Waals surface area contributed by atoms with Crippen LogP contribution in [0.15, 0.2) is 47.1 Å². The van der Waals surface area contributed by atoms with Crippen LogP contribution in [0, 0.1) is 6.92 Å². The molecule has 0 aliphatic carbocycles. The summed E-state index contributed by atoms with van der Waals surface area (Å²) in [7, 11) is 0. The van der Waals surface area contributed by atoms with Gasteiger partial charge in [-0.15, -0.1) is 0 Å². The number of nitrogens with zero attached hydrogens (tertiary/aromatic N) is 5. The van der Waals surface area contributed by atoms with Crippen molar-refractivity contribution in [3.05, 3.63) is 54.0 Å². The predicted octanol–water partition coefficient (Wildman–Crippen LogP) is 2.80. The summed E-state index contributed by atoms with van der Waals surface area (Å²) >= 11 is 0. The third-order valence-corrected chi connectivity index (χ3v) is 4.84. The second kappa shape index (κ2) is 8.30. The lowest BCUT2D eigenvalue weighted by atomic mass is 10.1. The summed E-state index contributed by atoms with van der Waals surface area (Å²) in [6.45, 7) is 6.90. The zero-order valence-electron chi connectivity index (χ0n) is 16.5. The van der Waals surface area contributed by atoms with Crippen LogP contribution >= 0.6 is 0 Å². The third kappa shape index (κ3) is 4.06. The van der Waals surface area contributed by atoms with Crippen LogP contribution in [0.1, 0.15) is 23.2 Å². The van der Waals surface area contributed by atoms with Gasteiger partial charge in [0.1, 0.15) is 11.6 Å². The summed E-state index contributed by atoms with van der Waals surface area (Å²) in [6.07, 6.45) is 1.75. The molecule has 3 heterocycles. The Bertz CT molecular complexity index is 978. The summed E-state index contributed by atoms with van der Waals surface area (Å²) < 4.78 is 10.6. The van der Waals surface area contributed by atoms with E-state index in [9.17, 15) is 4.79 Å². The minimum Gasteiger partial charge on any atom is -0.493 e. The molecule has 4 rings (SSSR count). The Morgan fingerprint density at radius 3 is 2.59 bits per heavy atom. The number of anilines is 1. The maximum atomic E-state index is 12.9. The Labute approximate surface area is 169 Å². The molecule has 150 valence electrons. The minimum absolute atomic E-state index is 0.00415. The first-order valence-corrected chi connectivity index (χ1v) is 9.68. The summed E-state index contributed by atoms with van der Waals surface area (Å²) in [5.74, 6) is 2.57. The van der Waals surface area contributed by atoms with Gasteiger partial charge in [0.05, 0.1) is 12.2 Å². The third-order valence-electron chi connectivity index (χ3n) is 4.84. The van der Waals surface area contributed by atoms with Crippen molar-refractivity contribution in [2.24, 2.45) is 0 Å². The fourth-order valence-electron chi connectivity index (χ4n) is 3.36. The van der Waals surface area contributed by atoms with Crippen molar-refractivity contribution in [1.82, 2.24) is 20.0 Å². The normalized spacial score (nSPS) is 14.1. The Kier molecular flexibility index (Phi) is 5.41. The van der Waals surface area contributed by atoms with Gasteiger partial charge in [-0.05, 0) is 31.2 Å². The van der Waals surface area contributed by atoms with Crippen LogP contribution in [0.5, 0.6) is 5.75 Å². The number of amides is 1. The minimum atomic E-state index is 0.00415. The van der Waals surface area contributed by atoms with Gasteiger partial charge in [-0.3, -0.25) is 4.79 Å². The van der Waals surface area contributed by atoms with Gasteiger partial charge < -0.3 is 19.1 Å². The van der Waals surface area contributed by atoms with Crippen LogP contribution in [0.25, 0.3) is 11.4 Å². The SMILES string of the molecule is CCOc1ccccc1C(=O)N1CCN(c2ccc(-c3noc(C)n3)cn2)CC1. The molecule has 0 radical (unpaired) electrons. The molecule has 29 heavy (non-hydrogen) atoms. The second-order valence-corrected chi connectivity index (χ2v) is 6.75. The average molecular weight is 393 g/mol. The summed E-state index contributed by atoms with van der Waals surface area (Å²) in [5.41, 5.74) is 1.42. The quantitative estimate of drug-likeness (QED) is 0.659. The average Bonchev–Trinajstić information content (AvgIpc) is 3.20. The number of pyridine rings is 1. The van der Waals surface area contributed by atoms with Crippen molar-refractivity contribution < 1.29 is 14.1 Å². The zero-order chi connectivity index (χ0) is 20.2. The van der Waals surface area contributed by atoms with E-state index >= 15 is 0 Å². The number of rotatable bonds is 5. The van der Waals surface area contributed by atoms with Crippen LogP contribution in [0.2, 0.25) is 0 Å². The molecule has 1 aromatic carbocycles. The van der Waals surface area contributed by atoms with E-state index in [0.717, 1.165) is 24.5 Å². The molecule has 0 N–H and O–H groups in total. The lowest BCUT2D eigenvalue weighted by Crippen LogP contribution is -2.49. The Morgan fingerprint density at radius 2 is 1.93 bits per heavy atom. The highest BCUT2D eigenvalue weighted by Crippen LogP contribution is 2.23. The van der Waals surface area contributed by atoms with Crippen LogP contribution in [0.4, 0.5) is 5.82 Å². The number of hydrogen-bond donors (Lipinski definition) is 0. The number of aryl methyl sites for hydroxylation is 1. The molecule has 0 unspecified atom stereocenters. The maximum absolute atomic E-state index is 12.9. The molecule has 1 saturated heterocycles. The Morgan fingerprint density at radius 1 is 1.14 bits per heavy atom. The first-order valence-electron chi connectivity index (χ1n) is 9.68. The first kappa shape index (κ1) is 18.9. The molecule has 1 aliphatic heterocycles. The predicted molar refractivity (Wildman–Crippen MR) is 108 cm³/mol. The van der Waals surface area contributed by atoms with Crippen LogP contribution in [-0.2, 0) is 0 Å². The van der Waals surface area contributed by atoms with E-state index in [4.69, 9.17) is 9.26 Å². The number of carbonyl (C=O) groups excluding carboxylic acids is 1. The van der Waals surface area contributed by atoms with Gasteiger partial charge in [-0.1, -0.05) is 17.3 Å². The van der Waals surface area contributed by atoms with Gasteiger partial charge in [0.2, 0.25) is 11.7 Å². The molecule has 0 spiro atoms. The lowest BCUT2D eigenvalue weighted by Gasteiger charge is -2.35. The van der Waals surface area contributed by atoms with Gasteiger partial charge in [0, 0.05) is 44.9 Å². The number of hydrogen-bond acceptors (Lipinski definition) is 7. The monoisotopic (exact) mass is 393 g/mol. The van der Waals surface area contributed by atoms with E-state index < -0.39 is 0 Å². The molecule has 3 aromatic rings. The number of para-hydroxylation sites is 1. The van der Waals surface area contributed by atoms with E-state index in [1.165, 1.54) is 0 Å². The number of carbonyl (C=O) groups is 1.